The Balaban J connectivity index is 0.000000165. The van der Waals surface area contributed by atoms with Crippen LogP contribution in [-0.2, 0) is 107 Å². The lowest BCUT2D eigenvalue weighted by Gasteiger charge is -2.31. The van der Waals surface area contributed by atoms with Gasteiger partial charge in [-0.2, -0.15) is 63.4 Å². The monoisotopic (exact) mass is 1510 g/mol. The van der Waals surface area contributed by atoms with E-state index in [4.69, 9.17) is 10.2 Å². The highest BCUT2D eigenvalue weighted by Gasteiger charge is 2.42. The van der Waals surface area contributed by atoms with E-state index in [1.807, 2.05) is 4.93 Å². The second-order valence-corrected chi connectivity index (χ2v) is 29.8. The summed E-state index contributed by atoms with van der Waals surface area (Å²) in [4.78, 5) is 34.5. The Hall–Kier alpha value is -6.47. The molecule has 3 atom stereocenters. The van der Waals surface area contributed by atoms with Crippen molar-refractivity contribution in [3.8, 4) is 0 Å². The van der Waals surface area contributed by atoms with E-state index >= 15 is 0 Å². The summed E-state index contributed by atoms with van der Waals surface area (Å²) in [6.07, 6.45) is -0.0673. The number of carboxylic acids is 2. The predicted molar refractivity (Wildman–Crippen MR) is 331 cm³/mol. The van der Waals surface area contributed by atoms with Crippen molar-refractivity contribution in [2.24, 2.45) is 0 Å². The van der Waals surface area contributed by atoms with Crippen LogP contribution in [0.4, 0.5) is 39.5 Å². The van der Waals surface area contributed by atoms with Crippen LogP contribution in [0.1, 0.15) is 180 Å². The van der Waals surface area contributed by atoms with Gasteiger partial charge in [-0.15, -0.1) is 0 Å². The molecular weight excluding hydrogens is 1440 g/mol. The van der Waals surface area contributed by atoms with Crippen LogP contribution in [0, 0.1) is 0 Å². The summed E-state index contributed by atoms with van der Waals surface area (Å²) in [5, 5.41) is 30.4. The van der Waals surface area contributed by atoms with Crippen molar-refractivity contribution >= 4 is 70.6 Å². The highest BCUT2D eigenvalue weighted by Crippen LogP contribution is 2.48. The van der Waals surface area contributed by atoms with Crippen LogP contribution in [0.3, 0.4) is 0 Å². The second-order valence-electron chi connectivity index (χ2n) is 24.1. The molecule has 3 aromatic carbocycles. The minimum Gasteiger partial charge on any atom is -0.480 e. The number of nitrogens with zero attached hydrogens (tertiary/aromatic N) is 8. The molecule has 0 bridgehead atoms. The van der Waals surface area contributed by atoms with E-state index < -0.39 is 106 Å². The molecular formula is C61H69F9IN9O12S3. The highest BCUT2D eigenvalue weighted by molar-refractivity contribution is 14.1. The third-order valence-electron chi connectivity index (χ3n) is 17.6. The number of halogens is 10. The second kappa shape index (κ2) is 28.5. The Morgan fingerprint density at radius 3 is 1.19 bits per heavy atom. The standard InChI is InChI=1S/C21H24F3N3O4S.C20H22F3N3O4S.C19H20F3N3O4S.CH3I/c1-26(18-4-3-5-19-17(18)11-25-27(19)12-20(28)31-2)32(29,30)16-9-14(13-6-7-13)8-15(10-16)21(22,23)24;1-25(17-3-2-4-18-16(17)10-24-26(18)11-19(27)28)31(29,30)15-8-13(12-5-6-12)7-14(9-15)20(21,22)23;20-19(21,22)13-6-12(11-4-5-11)7-14(8-13)30(28,29)24-16-2-1-3-17-15(16)9-23-25(17)10-18(26)27;1-2/h8-11,13,18H,3-7,12H2,1-2H3;7-10,12,17H,2-6,11H2,1H3,(H,27,28);6-9,11,16,24H,1-5,10H2,(H,26,27);1H3/t18-;17-;16-;/m111./s1. The first-order valence-electron chi connectivity index (χ1n) is 30.2. The van der Waals surface area contributed by atoms with Crippen LogP contribution in [0.2, 0.25) is 0 Å². The number of esters is 1. The van der Waals surface area contributed by atoms with E-state index in [0.29, 0.717) is 121 Å². The quantitative estimate of drug-likeness (QED) is 0.0312. The summed E-state index contributed by atoms with van der Waals surface area (Å²) in [6, 6.07) is 7.28. The molecule has 0 amide bonds. The molecule has 6 aliphatic rings. The van der Waals surface area contributed by atoms with Gasteiger partial charge < -0.3 is 14.9 Å². The van der Waals surface area contributed by atoms with Gasteiger partial charge in [-0.3, -0.25) is 28.4 Å². The fraction of sp³-hybridized carbons (Fsp3) is 0.508. The summed E-state index contributed by atoms with van der Waals surface area (Å²) in [7, 11) is -8.67. The van der Waals surface area contributed by atoms with Crippen molar-refractivity contribution in [1.82, 2.24) is 42.7 Å². The van der Waals surface area contributed by atoms with Crippen LogP contribution in [0.25, 0.3) is 0 Å². The van der Waals surface area contributed by atoms with Crippen molar-refractivity contribution in [1.29, 1.82) is 0 Å². The third-order valence-corrected chi connectivity index (χ3v) is 22.7. The summed E-state index contributed by atoms with van der Waals surface area (Å²) in [6.45, 7) is -0.766. The Morgan fingerprint density at radius 2 is 0.842 bits per heavy atom. The first-order valence-corrected chi connectivity index (χ1v) is 36.7. The van der Waals surface area contributed by atoms with Crippen LogP contribution >= 0.6 is 22.6 Å². The molecule has 6 aromatic rings. The van der Waals surface area contributed by atoms with E-state index in [1.165, 1.54) is 72.0 Å². The van der Waals surface area contributed by atoms with E-state index in [0.717, 1.165) is 71.0 Å². The summed E-state index contributed by atoms with van der Waals surface area (Å²) in [5.41, 5.74) is 2.07. The number of sulfonamides is 3. The van der Waals surface area contributed by atoms with Crippen LogP contribution in [0.15, 0.2) is 87.9 Å². The largest absolute Gasteiger partial charge is 0.480 e. The van der Waals surface area contributed by atoms with Gasteiger partial charge in [-0.1, -0.05) is 22.6 Å². The van der Waals surface area contributed by atoms with E-state index in [2.05, 4.69) is 47.3 Å². The topological polar surface area (TPSA) is 275 Å². The number of hydrogen-bond acceptors (Lipinski definition) is 13. The molecule has 6 aliphatic carbocycles. The van der Waals surface area contributed by atoms with Crippen molar-refractivity contribution in [2.45, 2.75) is 185 Å². The molecule has 95 heavy (non-hydrogen) atoms. The Kier molecular flexibility index (Phi) is 21.9. The van der Waals surface area contributed by atoms with Crippen molar-refractivity contribution in [2.75, 3.05) is 26.1 Å². The number of methoxy groups -OCH3 is 1. The molecule has 3 heterocycles. The number of carbonyl (C=O) groups is 3. The fourth-order valence-electron chi connectivity index (χ4n) is 12.2. The number of fused-ring (bicyclic) bond motifs is 3. The molecule has 0 unspecified atom stereocenters. The molecule has 0 saturated heterocycles. The molecule has 34 heteroatoms. The number of ether oxygens (including phenoxy) is 1. The maximum absolute atomic E-state index is 13.5. The van der Waals surface area contributed by atoms with Crippen molar-refractivity contribution < 1.29 is 94.1 Å². The Bertz CT molecular complexity index is 4200. The molecule has 0 radical (unpaired) electrons. The van der Waals surface area contributed by atoms with Gasteiger partial charge in [0.1, 0.15) is 19.6 Å². The molecule has 3 aromatic heterocycles. The molecule has 0 aliphatic heterocycles. The molecule has 518 valence electrons. The van der Waals surface area contributed by atoms with Gasteiger partial charge in [0.05, 0.1) is 75.2 Å². The number of alkyl halides is 10. The molecule has 21 nitrogen and oxygen atoms in total. The average Bonchev–Trinajstić information content (AvgIpc) is 1.75. The lowest BCUT2D eigenvalue weighted by atomic mass is 9.93. The van der Waals surface area contributed by atoms with Crippen molar-refractivity contribution in [3.63, 3.8) is 0 Å². The van der Waals surface area contributed by atoms with Crippen LogP contribution in [0.5, 0.6) is 0 Å². The summed E-state index contributed by atoms with van der Waals surface area (Å²) in [5.74, 6) is -2.73. The Labute approximate surface area is 555 Å². The number of aromatic nitrogens is 6. The third kappa shape index (κ3) is 16.9. The van der Waals surface area contributed by atoms with Gasteiger partial charge in [0, 0.05) is 47.9 Å². The number of nitrogens with one attached hydrogen (secondary N) is 1. The molecule has 3 saturated carbocycles. The lowest BCUT2D eigenvalue weighted by molar-refractivity contribution is -0.142. The predicted octanol–water partition coefficient (Wildman–Crippen LogP) is 11.5. The smallest absolute Gasteiger partial charge is 0.416 e. The van der Waals surface area contributed by atoms with Gasteiger partial charge in [0.25, 0.3) is 0 Å². The zero-order chi connectivity index (χ0) is 69.5. The fourth-order valence-corrected chi connectivity index (χ4v) is 16.5. The van der Waals surface area contributed by atoms with Crippen LogP contribution < -0.4 is 4.72 Å². The lowest BCUT2D eigenvalue weighted by Crippen LogP contribution is -2.33. The normalized spacial score (nSPS) is 19.0. The summed E-state index contributed by atoms with van der Waals surface area (Å²) >= 11 is 2.15. The van der Waals surface area contributed by atoms with Crippen LogP contribution in [-0.4, -0.2) is 117 Å². The number of hydrogen-bond donors (Lipinski definition) is 3. The van der Waals surface area contributed by atoms with Gasteiger partial charge in [0.2, 0.25) is 30.1 Å². The minimum absolute atomic E-state index is 0.0330. The van der Waals surface area contributed by atoms with Gasteiger partial charge in [0.15, 0.2) is 0 Å². The number of carboxylic acid groups (broad SMARTS) is 2. The number of aliphatic carboxylic acids is 2. The van der Waals surface area contributed by atoms with E-state index in [-0.39, 0.29) is 47.2 Å². The van der Waals surface area contributed by atoms with Gasteiger partial charge in [-0.25, -0.2) is 30.0 Å². The first kappa shape index (κ1) is 72.8. The number of benzene rings is 3. The molecule has 12 rings (SSSR count). The molecule has 3 fully saturated rings. The number of rotatable bonds is 18. The van der Waals surface area contributed by atoms with Gasteiger partial charge in [-0.05, 0) is 190 Å². The zero-order valence-electron chi connectivity index (χ0n) is 51.7. The summed E-state index contributed by atoms with van der Waals surface area (Å²) < 4.78 is 213. The SMILES string of the molecule is CI.CN([C@@H]1CCCc2c1cnn2CC(=O)O)S(=O)(=O)c1cc(C2CC2)cc(C(F)(F)F)c1.COC(=O)Cn1ncc2c1CCC[C@H]2N(C)S(=O)(=O)c1cc(C2CC2)cc(C(F)(F)F)c1.O=C(O)Cn1ncc2c1CCC[C@H]2NS(=O)(=O)c1cc(C2CC2)cc(C(F)(F)F)c1. The Morgan fingerprint density at radius 1 is 0.516 bits per heavy atom. The maximum atomic E-state index is 13.5. The molecule has 3 N–H and O–H groups in total. The minimum atomic E-state index is -4.65. The van der Waals surface area contributed by atoms with E-state index in [9.17, 15) is 79.2 Å². The van der Waals surface area contributed by atoms with Gasteiger partial charge >= 0.3 is 36.4 Å². The zero-order valence-corrected chi connectivity index (χ0v) is 56.3. The highest BCUT2D eigenvalue weighted by atomic mass is 127. The van der Waals surface area contributed by atoms with E-state index in [1.54, 1.807) is 0 Å². The first-order chi connectivity index (χ1) is 44.5. The maximum Gasteiger partial charge on any atom is 0.416 e. The van der Waals surface area contributed by atoms with Crippen molar-refractivity contribution in [3.05, 3.63) is 140 Å². The number of carbonyl (C=O) groups excluding carboxylic acids is 1. The average molecular weight is 1510 g/mol. The molecule has 0 spiro atoms.